The standard InChI is InChI=1S/C21H29ClN6O2S.C19H24Cl2N6OS.C3H3ClO/c1-20(2,3)30-19(29)27-21(4)8-10-28(11-9-21)15-12-25-18(17(24)26-15)31-14-7-5-6-13(23)16(14)22;1-19(23)6-9-27(10-7-19)14-11-24-18(17(22)26-14)29-13-4-2-3-12(16(13)21)25-15(28)5-8-20;1-2-3(4)5/h5-7,12H,8-11,23H2,1-4H3,(H2,24,26)(H,27,29);2-4,11H,5-10,23H2,1H3,(H2,22,26)(H,25,28);2H,1H2. The molecule has 2 aliphatic rings. The maximum Gasteiger partial charge on any atom is 0.408 e. The van der Waals surface area contributed by atoms with Gasteiger partial charge >= 0.3 is 6.09 Å². The fourth-order valence-corrected chi connectivity index (χ4v) is 8.51. The van der Waals surface area contributed by atoms with E-state index in [1.807, 2.05) is 45.9 Å². The topological polar surface area (TPSA) is 247 Å². The van der Waals surface area contributed by atoms with Gasteiger partial charge in [-0.05, 0) is 102 Å². The van der Waals surface area contributed by atoms with E-state index in [0.29, 0.717) is 62.0 Å². The Morgan fingerprint density at radius 3 is 1.78 bits per heavy atom. The number of benzene rings is 2. The predicted octanol–water partition coefficient (Wildman–Crippen LogP) is 9.02. The summed E-state index contributed by atoms with van der Waals surface area (Å²) >= 11 is 25.7. The lowest BCUT2D eigenvalue weighted by atomic mass is 9.90. The van der Waals surface area contributed by atoms with E-state index in [0.717, 1.165) is 60.5 Å². The van der Waals surface area contributed by atoms with Crippen molar-refractivity contribution < 1.29 is 19.1 Å². The predicted molar refractivity (Wildman–Crippen MR) is 267 cm³/mol. The molecule has 2 aliphatic heterocycles. The van der Waals surface area contributed by atoms with Gasteiger partial charge in [0, 0.05) is 59.3 Å². The second-order valence-electron chi connectivity index (χ2n) is 16.6. The Hall–Kier alpha value is -4.43. The number of amides is 2. The summed E-state index contributed by atoms with van der Waals surface area (Å²) in [6.45, 7) is 15.8. The molecule has 2 saturated heterocycles. The van der Waals surface area contributed by atoms with E-state index in [1.54, 1.807) is 30.6 Å². The summed E-state index contributed by atoms with van der Waals surface area (Å²) in [6.07, 6.45) is 7.59. The zero-order valence-electron chi connectivity index (χ0n) is 36.9. The van der Waals surface area contributed by atoms with Crippen molar-refractivity contribution in [3.8, 4) is 0 Å². The number of halogens is 4. The number of allylic oxidation sites excluding steroid dienone is 1. The van der Waals surface area contributed by atoms with Crippen molar-refractivity contribution in [2.24, 2.45) is 5.73 Å². The van der Waals surface area contributed by atoms with E-state index in [9.17, 15) is 14.4 Å². The fourth-order valence-electron chi connectivity index (χ4n) is 6.18. The molecule has 0 unspecified atom stereocenters. The molecule has 2 aromatic carbocycles. The van der Waals surface area contributed by atoms with Gasteiger partial charge in [0.05, 0.1) is 33.8 Å². The maximum absolute atomic E-state index is 12.2. The number of ether oxygens (including phenoxy) is 1. The van der Waals surface area contributed by atoms with Gasteiger partial charge in [-0.25, -0.2) is 24.7 Å². The lowest BCUT2D eigenvalue weighted by molar-refractivity contribution is -0.115. The summed E-state index contributed by atoms with van der Waals surface area (Å²) < 4.78 is 5.39. The Balaban J connectivity index is 0.000000258. The van der Waals surface area contributed by atoms with Crippen LogP contribution in [0.1, 0.15) is 66.7 Å². The minimum atomic E-state index is -0.524. The van der Waals surface area contributed by atoms with Gasteiger partial charge in [-0.1, -0.05) is 65.4 Å². The first kappa shape index (κ1) is 53.2. The van der Waals surface area contributed by atoms with E-state index < -0.39 is 16.9 Å². The molecule has 4 aromatic rings. The van der Waals surface area contributed by atoms with Crippen LogP contribution in [-0.4, -0.2) is 85.9 Å². The zero-order valence-corrected chi connectivity index (χ0v) is 41.6. The molecule has 22 heteroatoms. The highest BCUT2D eigenvalue weighted by atomic mass is 35.5. The molecule has 0 aliphatic carbocycles. The smallest absolute Gasteiger partial charge is 0.408 e. The summed E-state index contributed by atoms with van der Waals surface area (Å²) in [4.78, 5) is 57.2. The van der Waals surface area contributed by atoms with Crippen LogP contribution in [0.5, 0.6) is 0 Å². The Labute approximate surface area is 408 Å². The van der Waals surface area contributed by atoms with E-state index >= 15 is 0 Å². The minimum Gasteiger partial charge on any atom is -0.444 e. The summed E-state index contributed by atoms with van der Waals surface area (Å²) in [7, 11) is 0. The molecule has 0 saturated carbocycles. The third-order valence-electron chi connectivity index (χ3n) is 9.85. The molecule has 0 radical (unpaired) electrons. The van der Waals surface area contributed by atoms with Gasteiger partial charge in [-0.15, -0.1) is 11.6 Å². The first-order valence-electron chi connectivity index (χ1n) is 20.4. The third kappa shape index (κ3) is 16.7. The normalized spacial score (nSPS) is 15.3. The van der Waals surface area contributed by atoms with Crippen LogP contribution in [0.25, 0.3) is 0 Å². The molecule has 4 heterocycles. The Bertz CT molecular complexity index is 2300. The minimum absolute atomic E-state index is 0.133. The van der Waals surface area contributed by atoms with Gasteiger partial charge in [-0.3, -0.25) is 9.59 Å². The van der Waals surface area contributed by atoms with Gasteiger partial charge in [0.25, 0.3) is 0 Å². The number of hydrogen-bond donors (Lipinski definition) is 6. The van der Waals surface area contributed by atoms with Crippen molar-refractivity contribution >= 4 is 122 Å². The van der Waals surface area contributed by atoms with E-state index in [1.165, 1.54) is 23.5 Å². The molecular weight excluding hydrogens is 954 g/mol. The number of anilines is 6. The number of carbonyl (C=O) groups is 3. The quantitative estimate of drug-likeness (QED) is 0.0355. The van der Waals surface area contributed by atoms with Crippen LogP contribution >= 0.6 is 69.9 Å². The summed E-state index contributed by atoms with van der Waals surface area (Å²) in [6, 6.07) is 10.8. The third-order valence-corrected chi connectivity index (χ3v) is 13.4. The molecule has 0 atom stereocenters. The van der Waals surface area contributed by atoms with Gasteiger partial charge in [0.1, 0.15) is 27.3 Å². The second kappa shape index (κ2) is 23.8. The fraction of sp³-hybridized carbons (Fsp3) is 0.419. The monoisotopic (exact) mass is 1010 g/mol. The SMILES string of the molecule is C=CC(=O)Cl.CC1(N)CCN(c2cnc(Sc3cccc(NC(=O)CCCl)c3Cl)c(N)n2)CC1.CC1(NC(=O)OC(C)(C)C)CCN(c2cnc(Sc3cccc(N)c3Cl)c(N)n2)CC1. The number of rotatable bonds is 11. The number of hydrogen-bond acceptors (Lipinski definition) is 16. The highest BCUT2D eigenvalue weighted by molar-refractivity contribution is 7.99. The highest BCUT2D eigenvalue weighted by Crippen LogP contribution is 2.40. The van der Waals surface area contributed by atoms with Crippen molar-refractivity contribution in [1.29, 1.82) is 0 Å². The molecule has 6 rings (SSSR count). The number of nitrogens with two attached hydrogens (primary N) is 4. The van der Waals surface area contributed by atoms with Gasteiger partial charge in [-0.2, -0.15) is 0 Å². The van der Waals surface area contributed by atoms with Crippen molar-refractivity contribution in [3.63, 3.8) is 0 Å². The molecular formula is C43H56Cl4N12O4S2. The van der Waals surface area contributed by atoms with Crippen LogP contribution in [0, 0.1) is 0 Å². The maximum atomic E-state index is 12.2. The van der Waals surface area contributed by atoms with Crippen LogP contribution < -0.4 is 43.4 Å². The van der Waals surface area contributed by atoms with Crippen molar-refractivity contribution in [2.45, 2.75) is 103 Å². The number of piperidine rings is 2. The average Bonchev–Trinajstić information content (AvgIpc) is 3.22. The Kier molecular flexibility index (Phi) is 19.5. The molecule has 10 N–H and O–H groups in total. The first-order chi connectivity index (χ1) is 30.5. The Morgan fingerprint density at radius 1 is 0.846 bits per heavy atom. The van der Waals surface area contributed by atoms with Crippen LogP contribution in [0.2, 0.25) is 10.0 Å². The van der Waals surface area contributed by atoms with Crippen LogP contribution in [-0.2, 0) is 14.3 Å². The van der Waals surface area contributed by atoms with Crippen LogP contribution in [0.4, 0.5) is 39.4 Å². The van der Waals surface area contributed by atoms with Crippen LogP contribution in [0.15, 0.2) is 81.3 Å². The molecule has 65 heavy (non-hydrogen) atoms. The number of carbonyl (C=O) groups excluding carboxylic acids is 3. The molecule has 2 amide bonds. The first-order valence-corrected chi connectivity index (χ1v) is 23.7. The number of alkyl carbamates (subject to hydrolysis) is 1. The zero-order chi connectivity index (χ0) is 48.1. The summed E-state index contributed by atoms with van der Waals surface area (Å²) in [5.74, 6) is 2.18. The van der Waals surface area contributed by atoms with Gasteiger partial charge in [0.15, 0.2) is 11.6 Å². The number of aromatic nitrogens is 4. The van der Waals surface area contributed by atoms with Crippen molar-refractivity contribution in [2.75, 3.05) is 64.4 Å². The second-order valence-corrected chi connectivity index (χ2v) is 20.2. The molecule has 2 fully saturated rings. The average molecular weight is 1010 g/mol. The van der Waals surface area contributed by atoms with Crippen molar-refractivity contribution in [1.82, 2.24) is 25.3 Å². The van der Waals surface area contributed by atoms with E-state index in [2.05, 4.69) is 53.9 Å². The van der Waals surface area contributed by atoms with Gasteiger partial charge < -0.3 is 48.1 Å². The lowest BCUT2D eigenvalue weighted by Gasteiger charge is -2.40. The molecule has 16 nitrogen and oxygen atoms in total. The number of alkyl halides is 1. The molecule has 0 bridgehead atoms. The molecule has 2 aromatic heterocycles. The van der Waals surface area contributed by atoms with Crippen molar-refractivity contribution in [3.05, 3.63) is 71.5 Å². The largest absolute Gasteiger partial charge is 0.444 e. The Morgan fingerprint density at radius 2 is 1.32 bits per heavy atom. The summed E-state index contributed by atoms with van der Waals surface area (Å²) in [5, 5.41) is 7.28. The van der Waals surface area contributed by atoms with Gasteiger partial charge in [0.2, 0.25) is 11.1 Å². The lowest BCUT2D eigenvalue weighted by Crippen LogP contribution is -2.54. The summed E-state index contributed by atoms with van der Waals surface area (Å²) in [5.41, 5.74) is 24.4. The number of nitrogen functional groups attached to an aromatic ring is 3. The molecule has 352 valence electrons. The van der Waals surface area contributed by atoms with Crippen LogP contribution in [0.3, 0.4) is 0 Å². The van der Waals surface area contributed by atoms with E-state index in [-0.39, 0.29) is 29.3 Å². The molecule has 0 spiro atoms. The van der Waals surface area contributed by atoms with E-state index in [4.69, 9.17) is 74.1 Å². The highest BCUT2D eigenvalue weighted by Gasteiger charge is 2.34. The number of nitrogens with zero attached hydrogens (tertiary/aromatic N) is 6. The number of nitrogens with one attached hydrogen (secondary N) is 2.